The lowest BCUT2D eigenvalue weighted by Gasteiger charge is -2.19. The Morgan fingerprint density at radius 1 is 1.33 bits per heavy atom. The summed E-state index contributed by atoms with van der Waals surface area (Å²) in [4.78, 5) is 6.47. The standard InChI is InChI=1S/C15H24N2S/c1-9(2)14-13(8-16-3)18-15(17-14)12-7-10-4-5-11(12)6-10/h9-12,16H,4-8H2,1-3H3. The van der Waals surface area contributed by atoms with Gasteiger partial charge in [0.2, 0.25) is 0 Å². The SMILES string of the molecule is CNCc1sc(C2CC3CCC2C3)nc1C(C)C. The third-order valence-electron chi connectivity index (χ3n) is 4.68. The molecule has 0 amide bonds. The number of nitrogens with zero attached hydrogens (tertiary/aromatic N) is 1. The summed E-state index contributed by atoms with van der Waals surface area (Å²) in [5.41, 5.74) is 1.34. The molecule has 2 nitrogen and oxygen atoms in total. The summed E-state index contributed by atoms with van der Waals surface area (Å²) in [6.07, 6.45) is 5.82. The van der Waals surface area contributed by atoms with Crippen molar-refractivity contribution in [2.75, 3.05) is 7.05 Å². The molecule has 18 heavy (non-hydrogen) atoms. The van der Waals surface area contributed by atoms with Crippen molar-refractivity contribution in [1.82, 2.24) is 10.3 Å². The minimum atomic E-state index is 0.553. The highest BCUT2D eigenvalue weighted by molar-refractivity contribution is 7.11. The Kier molecular flexibility index (Phi) is 3.46. The van der Waals surface area contributed by atoms with E-state index in [2.05, 4.69) is 19.2 Å². The summed E-state index contributed by atoms with van der Waals surface area (Å²) in [6.45, 7) is 5.50. The van der Waals surface area contributed by atoms with Crippen molar-refractivity contribution in [2.45, 2.75) is 57.9 Å². The number of aromatic nitrogens is 1. The van der Waals surface area contributed by atoms with E-state index in [4.69, 9.17) is 4.98 Å². The molecule has 2 fully saturated rings. The topological polar surface area (TPSA) is 24.9 Å². The molecule has 2 bridgehead atoms. The van der Waals surface area contributed by atoms with Crippen LogP contribution in [0.4, 0.5) is 0 Å². The van der Waals surface area contributed by atoms with Crippen molar-refractivity contribution >= 4 is 11.3 Å². The first-order chi connectivity index (χ1) is 8.69. The maximum atomic E-state index is 5.01. The first-order valence-electron chi connectivity index (χ1n) is 7.33. The second kappa shape index (κ2) is 4.93. The van der Waals surface area contributed by atoms with Crippen LogP contribution in [-0.2, 0) is 6.54 Å². The molecule has 3 heteroatoms. The van der Waals surface area contributed by atoms with Gasteiger partial charge in [-0.1, -0.05) is 20.3 Å². The summed E-state index contributed by atoms with van der Waals surface area (Å²) in [5.74, 6) is 3.30. The summed E-state index contributed by atoms with van der Waals surface area (Å²) in [7, 11) is 2.03. The van der Waals surface area contributed by atoms with Crippen molar-refractivity contribution in [3.05, 3.63) is 15.6 Å². The minimum absolute atomic E-state index is 0.553. The molecule has 2 saturated carbocycles. The molecule has 2 aliphatic rings. The van der Waals surface area contributed by atoms with Crippen LogP contribution in [0.1, 0.15) is 66.9 Å². The lowest BCUT2D eigenvalue weighted by Crippen LogP contribution is -2.08. The zero-order chi connectivity index (χ0) is 12.7. The molecule has 0 spiro atoms. The number of nitrogens with one attached hydrogen (secondary N) is 1. The van der Waals surface area contributed by atoms with Gasteiger partial charge in [0.05, 0.1) is 10.7 Å². The van der Waals surface area contributed by atoms with E-state index in [1.807, 2.05) is 18.4 Å². The summed E-state index contributed by atoms with van der Waals surface area (Å²) >= 11 is 1.98. The Morgan fingerprint density at radius 3 is 2.72 bits per heavy atom. The Balaban J connectivity index is 1.86. The van der Waals surface area contributed by atoms with Gasteiger partial charge < -0.3 is 5.32 Å². The van der Waals surface area contributed by atoms with Gasteiger partial charge in [0.25, 0.3) is 0 Å². The molecule has 0 aliphatic heterocycles. The number of rotatable bonds is 4. The molecule has 3 unspecified atom stereocenters. The van der Waals surface area contributed by atoms with Gasteiger partial charge in [-0.2, -0.15) is 0 Å². The maximum absolute atomic E-state index is 5.01. The number of hydrogen-bond acceptors (Lipinski definition) is 3. The summed E-state index contributed by atoms with van der Waals surface area (Å²) in [5, 5.41) is 4.73. The van der Waals surface area contributed by atoms with Crippen LogP contribution in [0.2, 0.25) is 0 Å². The van der Waals surface area contributed by atoms with Crippen molar-refractivity contribution in [3.8, 4) is 0 Å². The first-order valence-corrected chi connectivity index (χ1v) is 8.14. The molecule has 3 rings (SSSR count). The van der Waals surface area contributed by atoms with E-state index < -0.39 is 0 Å². The second-order valence-corrected chi connectivity index (χ2v) is 7.44. The van der Waals surface area contributed by atoms with E-state index in [1.54, 1.807) is 0 Å². The molecule has 1 aromatic heterocycles. The van der Waals surface area contributed by atoms with Crippen molar-refractivity contribution in [3.63, 3.8) is 0 Å². The third kappa shape index (κ3) is 2.12. The summed E-state index contributed by atoms with van der Waals surface area (Å²) < 4.78 is 0. The molecule has 0 radical (unpaired) electrons. The molecular formula is C15H24N2S. The Bertz CT molecular complexity index is 424. The predicted octanol–water partition coefficient (Wildman–Crippen LogP) is 3.89. The molecule has 0 aromatic carbocycles. The van der Waals surface area contributed by atoms with E-state index in [0.29, 0.717) is 5.92 Å². The van der Waals surface area contributed by atoms with Gasteiger partial charge in [0.15, 0.2) is 0 Å². The lowest BCUT2D eigenvalue weighted by molar-refractivity contribution is 0.418. The fourth-order valence-corrected chi connectivity index (χ4v) is 5.27. The monoisotopic (exact) mass is 264 g/mol. The molecule has 2 aliphatic carbocycles. The van der Waals surface area contributed by atoms with E-state index >= 15 is 0 Å². The van der Waals surface area contributed by atoms with Crippen LogP contribution < -0.4 is 5.32 Å². The zero-order valence-electron chi connectivity index (χ0n) is 11.7. The highest BCUT2D eigenvalue weighted by Crippen LogP contribution is 2.53. The zero-order valence-corrected chi connectivity index (χ0v) is 12.5. The number of thiazole rings is 1. The van der Waals surface area contributed by atoms with Crippen LogP contribution in [-0.4, -0.2) is 12.0 Å². The van der Waals surface area contributed by atoms with Gasteiger partial charge in [0, 0.05) is 17.3 Å². The summed E-state index contributed by atoms with van der Waals surface area (Å²) in [6, 6.07) is 0. The minimum Gasteiger partial charge on any atom is -0.315 e. The smallest absolute Gasteiger partial charge is 0.0965 e. The molecule has 1 heterocycles. The fourth-order valence-electron chi connectivity index (χ4n) is 3.83. The molecule has 0 saturated heterocycles. The van der Waals surface area contributed by atoms with Crippen molar-refractivity contribution in [2.24, 2.45) is 11.8 Å². The van der Waals surface area contributed by atoms with Gasteiger partial charge in [-0.15, -0.1) is 11.3 Å². The van der Waals surface area contributed by atoms with Crippen molar-refractivity contribution < 1.29 is 0 Å². The van der Waals surface area contributed by atoms with E-state index in [0.717, 1.165) is 24.3 Å². The largest absolute Gasteiger partial charge is 0.315 e. The predicted molar refractivity (Wildman–Crippen MR) is 77.2 cm³/mol. The molecular weight excluding hydrogens is 240 g/mol. The quantitative estimate of drug-likeness (QED) is 0.892. The van der Waals surface area contributed by atoms with E-state index in [1.165, 1.54) is 41.3 Å². The van der Waals surface area contributed by atoms with E-state index in [9.17, 15) is 0 Å². The number of fused-ring (bicyclic) bond motifs is 2. The fraction of sp³-hybridized carbons (Fsp3) is 0.800. The lowest BCUT2D eigenvalue weighted by atomic mass is 9.89. The van der Waals surface area contributed by atoms with E-state index in [-0.39, 0.29) is 0 Å². The van der Waals surface area contributed by atoms with Gasteiger partial charge in [-0.05, 0) is 44.1 Å². The van der Waals surface area contributed by atoms with Gasteiger partial charge in [-0.25, -0.2) is 4.98 Å². The maximum Gasteiger partial charge on any atom is 0.0965 e. The van der Waals surface area contributed by atoms with Gasteiger partial charge in [-0.3, -0.25) is 0 Å². The highest BCUT2D eigenvalue weighted by Gasteiger charge is 2.41. The number of hydrogen-bond donors (Lipinski definition) is 1. The second-order valence-electron chi connectivity index (χ2n) is 6.33. The highest BCUT2D eigenvalue weighted by atomic mass is 32.1. The first kappa shape index (κ1) is 12.6. The molecule has 100 valence electrons. The van der Waals surface area contributed by atoms with Crippen LogP contribution >= 0.6 is 11.3 Å². The molecule has 3 atom stereocenters. The Morgan fingerprint density at radius 2 is 2.17 bits per heavy atom. The average molecular weight is 264 g/mol. The van der Waals surface area contributed by atoms with Crippen LogP contribution in [0.25, 0.3) is 0 Å². The van der Waals surface area contributed by atoms with Gasteiger partial charge in [0.1, 0.15) is 0 Å². The van der Waals surface area contributed by atoms with Crippen LogP contribution in [0.5, 0.6) is 0 Å². The Labute approximate surface area is 114 Å². The van der Waals surface area contributed by atoms with Crippen LogP contribution in [0.3, 0.4) is 0 Å². The Hall–Kier alpha value is -0.410. The van der Waals surface area contributed by atoms with Crippen LogP contribution in [0.15, 0.2) is 0 Å². The molecule has 1 N–H and O–H groups in total. The van der Waals surface area contributed by atoms with Crippen LogP contribution in [0, 0.1) is 11.8 Å². The average Bonchev–Trinajstić information content (AvgIpc) is 3.02. The normalized spacial score (nSPS) is 30.6. The molecule has 1 aromatic rings. The van der Waals surface area contributed by atoms with Gasteiger partial charge >= 0.3 is 0 Å². The third-order valence-corrected chi connectivity index (χ3v) is 5.89. The van der Waals surface area contributed by atoms with Crippen molar-refractivity contribution in [1.29, 1.82) is 0 Å².